The number of aliphatic carboxylic acids is 2. The summed E-state index contributed by atoms with van der Waals surface area (Å²) in [4.78, 5) is 71.8. The van der Waals surface area contributed by atoms with Crippen LogP contribution in [0, 0.1) is 5.41 Å². The second-order valence-corrected chi connectivity index (χ2v) is 20.9. The molecule has 8 rings (SSSR count). The molecular weight excluding hydrogens is 1060 g/mol. The van der Waals surface area contributed by atoms with Crippen LogP contribution in [0.4, 0.5) is 11.4 Å². The Morgan fingerprint density at radius 3 is 1.59 bits per heavy atom. The summed E-state index contributed by atoms with van der Waals surface area (Å²) in [7, 11) is 0. The fraction of sp³-hybridized carbons (Fsp3) is 0.324. The molecule has 2 saturated heterocycles. The Balaban J connectivity index is 0.000000295. The molecule has 0 saturated carbocycles. The fourth-order valence-electron chi connectivity index (χ4n) is 9.68. The molecule has 2 amide bonds. The first-order chi connectivity index (χ1) is 38.1. The number of ketones is 1. The summed E-state index contributed by atoms with van der Waals surface area (Å²) in [5.74, 6) is -2.04. The van der Waals surface area contributed by atoms with Crippen LogP contribution in [0.15, 0.2) is 200 Å². The topological polar surface area (TPSA) is 171 Å². The molecule has 428 valence electrons. The Hall–Kier alpha value is -7.57. The number of benzene rings is 6. The summed E-state index contributed by atoms with van der Waals surface area (Å²) < 4.78 is 0. The summed E-state index contributed by atoms with van der Waals surface area (Å²) in [6, 6.07) is 53.1. The molecule has 12 nitrogen and oxygen atoms in total. The van der Waals surface area contributed by atoms with Gasteiger partial charge in [0.05, 0.1) is 34.8 Å². The number of carboxylic acids is 2. The van der Waals surface area contributed by atoms with Crippen LogP contribution in [0.2, 0.25) is 0 Å². The predicted molar refractivity (Wildman–Crippen MR) is 324 cm³/mol. The zero-order valence-electron chi connectivity index (χ0n) is 46.3. The van der Waals surface area contributed by atoms with E-state index in [1.54, 1.807) is 57.2 Å². The van der Waals surface area contributed by atoms with Crippen LogP contribution in [0.1, 0.15) is 131 Å². The molecule has 3 N–H and O–H groups in total. The van der Waals surface area contributed by atoms with Crippen LogP contribution in [-0.4, -0.2) is 86.0 Å². The van der Waals surface area contributed by atoms with Crippen molar-refractivity contribution in [1.29, 1.82) is 0 Å². The van der Waals surface area contributed by atoms with Gasteiger partial charge in [-0.25, -0.2) is 4.79 Å². The van der Waals surface area contributed by atoms with Gasteiger partial charge in [-0.1, -0.05) is 177 Å². The van der Waals surface area contributed by atoms with Crippen LogP contribution in [-0.2, 0) is 48.8 Å². The first kappa shape index (κ1) is 65.9. The number of nitrogens with zero attached hydrogens (tertiary/aromatic N) is 4. The number of carbonyl (C=O) groups excluding carboxylic acids is 3. The van der Waals surface area contributed by atoms with Crippen molar-refractivity contribution in [2.24, 2.45) is 10.4 Å². The quantitative estimate of drug-likeness (QED) is 0.0186. The van der Waals surface area contributed by atoms with Crippen LogP contribution in [0.25, 0.3) is 5.32 Å². The number of allylic oxidation sites excluding steroid dienone is 2. The molecule has 2 aliphatic heterocycles. The second-order valence-electron chi connectivity index (χ2n) is 20.9. The molecule has 0 aromatic heterocycles. The van der Waals surface area contributed by atoms with Crippen molar-refractivity contribution in [3.05, 3.63) is 234 Å². The van der Waals surface area contributed by atoms with E-state index in [0.29, 0.717) is 66.0 Å². The molecule has 81 heavy (non-hydrogen) atoms. The maximum absolute atomic E-state index is 13.5. The minimum atomic E-state index is -1.34. The van der Waals surface area contributed by atoms with E-state index in [0.717, 1.165) is 63.7 Å². The van der Waals surface area contributed by atoms with Crippen molar-refractivity contribution in [2.45, 2.75) is 123 Å². The molecule has 2 fully saturated rings. The number of aliphatic imine (C=N–C) groups is 1. The van der Waals surface area contributed by atoms with Gasteiger partial charge in [-0.2, -0.15) is 0 Å². The third-order valence-corrected chi connectivity index (χ3v) is 14.4. The van der Waals surface area contributed by atoms with Crippen LogP contribution >= 0.6 is 0 Å². The van der Waals surface area contributed by atoms with Crippen molar-refractivity contribution in [1.82, 2.24) is 9.80 Å². The average molecular weight is 1140 g/mol. The summed E-state index contributed by atoms with van der Waals surface area (Å²) in [6.45, 7) is 15.7. The molecule has 3 atom stereocenters. The van der Waals surface area contributed by atoms with Gasteiger partial charge in [0, 0.05) is 29.8 Å². The molecule has 6 aromatic rings. The number of carboxylic acid groups (broad SMARTS) is 2. The first-order valence-electron chi connectivity index (χ1n) is 27.4. The van der Waals surface area contributed by atoms with Crippen molar-refractivity contribution < 1.29 is 50.7 Å². The van der Waals surface area contributed by atoms with Gasteiger partial charge in [-0.05, 0) is 127 Å². The number of carbonyl (C=O) groups is 5. The van der Waals surface area contributed by atoms with E-state index >= 15 is 0 Å². The second kappa shape index (κ2) is 33.2. The van der Waals surface area contributed by atoms with E-state index in [1.165, 1.54) is 11.1 Å². The zero-order chi connectivity index (χ0) is 56.6. The van der Waals surface area contributed by atoms with Gasteiger partial charge in [-0.3, -0.25) is 29.2 Å². The number of rotatable bonds is 23. The molecule has 0 aliphatic carbocycles. The molecule has 2 heterocycles. The smallest absolute Gasteiger partial charge is 0.625 e. The minimum absolute atomic E-state index is 0. The Morgan fingerprint density at radius 1 is 0.605 bits per heavy atom. The third kappa shape index (κ3) is 19.6. The van der Waals surface area contributed by atoms with E-state index in [4.69, 9.17) is 10.1 Å². The number of para-hydroxylation sites is 2. The van der Waals surface area contributed by atoms with Crippen molar-refractivity contribution in [3.8, 4) is 0 Å². The number of hydrogen-bond acceptors (Lipinski definition) is 8. The summed E-state index contributed by atoms with van der Waals surface area (Å²) >= 11 is 0. The fourth-order valence-corrected chi connectivity index (χ4v) is 9.68. The van der Waals surface area contributed by atoms with Gasteiger partial charge in [0.25, 0.3) is 0 Å². The Kier molecular flexibility index (Phi) is 27.1. The standard InChI is InChI=1S/C33H37N3O3.C25H24N2O2.C9H16O2.CH4.Ni/c1-3-4-13-22-33(2,32(38)39)35-30(26-17-9-6-10-18-26)27-19-11-12-20-28(27)34-31(37)29-21-14-23-36(29)24-25-15-7-5-8-16-25;28-24(20-12-5-2-6-13-20)21-14-7-8-15-22(21)26-25(29)23-16-9-17-27(23)18-19-10-3-1-4-11-19;1-4-5-6-7-9(2,3)8(10)11;;/h3,5-12,15-20,29H,1,4,13-14,21-24H2,2H3,(H2,34,35,37,38,39);1-8,10-15,23H,9,16-18H2,(H,26,29);4H,1,5-7H2,2-3H3,(H,10,11);1H4;/q;;;;+2/p-1/t29-,33-;23-;;;/m00.../s1. The predicted octanol–water partition coefficient (Wildman–Crippen LogP) is 14.5. The van der Waals surface area contributed by atoms with Crippen molar-refractivity contribution in [2.75, 3.05) is 18.4 Å². The summed E-state index contributed by atoms with van der Waals surface area (Å²) in [5.41, 5.74) is 4.56. The Bertz CT molecular complexity index is 2990. The molecular formula is C68H80N5NiO7+. The molecule has 6 aromatic carbocycles. The number of likely N-dealkylation sites (tertiary alicyclic amines) is 2. The molecule has 13 heteroatoms. The summed E-state index contributed by atoms with van der Waals surface area (Å²) in [6.07, 6.45) is 11.4. The summed E-state index contributed by atoms with van der Waals surface area (Å²) in [5, 5.41) is 26.5. The first-order valence-corrected chi connectivity index (χ1v) is 27.4. The van der Waals surface area contributed by atoms with Crippen LogP contribution < -0.4 is 5.32 Å². The Labute approximate surface area is 490 Å². The number of unbranched alkanes of at least 4 members (excludes halogenated alkanes) is 2. The van der Waals surface area contributed by atoms with Crippen molar-refractivity contribution in [3.63, 3.8) is 0 Å². The van der Waals surface area contributed by atoms with Gasteiger partial charge in [0.1, 0.15) is 0 Å². The maximum atomic E-state index is 13.5. The van der Waals surface area contributed by atoms with Gasteiger partial charge in [-0.15, -0.1) is 18.8 Å². The largest absolute Gasteiger partial charge is 2.00 e. The van der Waals surface area contributed by atoms with Gasteiger partial charge < -0.3 is 25.6 Å². The number of hydrogen-bond donors (Lipinski definition) is 3. The molecule has 2 aliphatic rings. The number of anilines is 1. The van der Waals surface area contributed by atoms with Crippen molar-refractivity contribution >= 4 is 46.6 Å². The van der Waals surface area contributed by atoms with Crippen LogP contribution in [0.3, 0.4) is 0 Å². The van der Waals surface area contributed by atoms with Gasteiger partial charge in [0.2, 0.25) is 5.91 Å². The molecule has 0 unspecified atom stereocenters. The SMILES string of the molecule is C.C=CCCCC(C)(C)C(=O)O.C=CCCC[C@](C)(N=C(c1ccccc1)c1ccccc1[N-]C(=O)[C@@H]1CCCN1Cc1ccccc1)C(=O)O.O=C(c1ccccc1)c1ccccc1NC(=O)[C@@H]1CCCN1Cc1ccccc1.[Ni+2]. The monoisotopic (exact) mass is 1140 g/mol. The zero-order valence-corrected chi connectivity index (χ0v) is 47.3. The van der Waals surface area contributed by atoms with E-state index in [1.807, 2.05) is 121 Å². The molecule has 0 spiro atoms. The van der Waals surface area contributed by atoms with Gasteiger partial charge >= 0.3 is 28.4 Å². The minimum Gasteiger partial charge on any atom is -0.625 e. The number of nitrogens with one attached hydrogen (secondary N) is 1. The van der Waals surface area contributed by atoms with Gasteiger partial charge in [0.15, 0.2) is 11.3 Å². The third-order valence-electron chi connectivity index (χ3n) is 14.4. The Morgan fingerprint density at radius 2 is 1.06 bits per heavy atom. The van der Waals surface area contributed by atoms with Crippen LogP contribution in [0.5, 0.6) is 0 Å². The molecule has 0 bridgehead atoms. The van der Waals surface area contributed by atoms with E-state index in [-0.39, 0.29) is 53.6 Å². The maximum Gasteiger partial charge on any atom is 2.00 e. The van der Waals surface area contributed by atoms with E-state index < -0.39 is 22.9 Å². The molecule has 0 radical (unpaired) electrons. The normalized spacial score (nSPS) is 15.8. The number of amides is 2. The van der Waals surface area contributed by atoms with E-state index in [9.17, 15) is 29.1 Å². The average Bonchev–Trinajstić information content (AvgIpc) is 4.14. The van der Waals surface area contributed by atoms with E-state index in [2.05, 4.69) is 57.9 Å².